The number of methoxy groups -OCH3 is 2. The Balaban J connectivity index is 1.74. The summed E-state index contributed by atoms with van der Waals surface area (Å²) >= 11 is 0. The van der Waals surface area contributed by atoms with E-state index in [1.807, 2.05) is 30.5 Å². The molecule has 1 fully saturated rings. The molecule has 3 unspecified atom stereocenters. The first-order chi connectivity index (χ1) is 16.7. The zero-order valence-corrected chi connectivity index (χ0v) is 20.6. The second kappa shape index (κ2) is 9.82. The normalized spacial score (nSPS) is 17.3. The van der Waals surface area contributed by atoms with Crippen LogP contribution in [0, 0.1) is 5.92 Å². The number of fused-ring (bicyclic) bond motifs is 1. The molecule has 184 valence electrons. The highest BCUT2D eigenvalue weighted by Crippen LogP contribution is 2.39. The lowest BCUT2D eigenvalue weighted by Gasteiger charge is -2.23. The molecule has 3 aromatic rings. The Bertz CT molecular complexity index is 1280. The molecule has 0 bridgehead atoms. The van der Waals surface area contributed by atoms with Crippen LogP contribution in [-0.4, -0.2) is 55.5 Å². The zero-order valence-electron chi connectivity index (χ0n) is 20.6. The molecule has 1 aliphatic rings. The number of carbonyl (C=O) groups excluding carboxylic acids is 3. The Morgan fingerprint density at radius 2 is 1.89 bits per heavy atom. The van der Waals surface area contributed by atoms with E-state index in [0.717, 1.165) is 27.6 Å². The molecule has 2 aromatic carbocycles. The van der Waals surface area contributed by atoms with Crippen molar-refractivity contribution in [3.05, 3.63) is 64.8 Å². The Morgan fingerprint density at radius 1 is 1.11 bits per heavy atom. The van der Waals surface area contributed by atoms with E-state index in [1.165, 1.54) is 14.0 Å². The average Bonchev–Trinajstić information content (AvgIpc) is 3.43. The van der Waals surface area contributed by atoms with E-state index >= 15 is 0 Å². The Morgan fingerprint density at radius 3 is 2.51 bits per heavy atom. The van der Waals surface area contributed by atoms with Gasteiger partial charge in [0.2, 0.25) is 5.91 Å². The van der Waals surface area contributed by atoms with Crippen molar-refractivity contribution in [1.29, 1.82) is 0 Å². The third-order valence-electron chi connectivity index (χ3n) is 6.78. The van der Waals surface area contributed by atoms with Crippen molar-refractivity contribution < 1.29 is 28.6 Å². The molecule has 0 aliphatic carbocycles. The number of benzene rings is 2. The fourth-order valence-corrected chi connectivity index (χ4v) is 4.87. The number of esters is 2. The van der Waals surface area contributed by atoms with E-state index in [4.69, 9.17) is 14.2 Å². The van der Waals surface area contributed by atoms with Crippen LogP contribution >= 0.6 is 0 Å². The molecule has 8 nitrogen and oxygen atoms in total. The molecule has 8 heteroatoms. The van der Waals surface area contributed by atoms with Crippen molar-refractivity contribution in [2.24, 2.45) is 5.92 Å². The number of aromatic nitrogens is 1. The quantitative estimate of drug-likeness (QED) is 0.511. The van der Waals surface area contributed by atoms with Gasteiger partial charge >= 0.3 is 11.9 Å². The summed E-state index contributed by atoms with van der Waals surface area (Å²) in [7, 11) is 4.68. The van der Waals surface area contributed by atoms with E-state index < -0.39 is 24.0 Å². The van der Waals surface area contributed by atoms with E-state index in [0.29, 0.717) is 24.3 Å². The fraction of sp³-hybridized carbons (Fsp3) is 0.370. The van der Waals surface area contributed by atoms with Crippen LogP contribution in [0.3, 0.4) is 0 Å². The molecule has 1 aliphatic heterocycles. The molecule has 1 saturated heterocycles. The molecule has 0 spiro atoms. The molecule has 1 aromatic heterocycles. The third kappa shape index (κ3) is 4.60. The van der Waals surface area contributed by atoms with Gasteiger partial charge < -0.3 is 24.1 Å². The van der Waals surface area contributed by atoms with Crippen LogP contribution in [0.25, 0.3) is 10.9 Å². The average molecular weight is 479 g/mol. The molecule has 1 amide bonds. The number of hydrogen-bond donors (Lipinski definition) is 1. The Labute approximate surface area is 204 Å². The first kappa shape index (κ1) is 24.3. The minimum atomic E-state index is -0.652. The number of nitrogens with one attached hydrogen (secondary N) is 1. The van der Waals surface area contributed by atoms with Crippen LogP contribution in [0.1, 0.15) is 59.3 Å². The summed E-state index contributed by atoms with van der Waals surface area (Å²) in [5.74, 6) is -0.768. The topological polar surface area (TPSA) is 97.9 Å². The van der Waals surface area contributed by atoms with Crippen LogP contribution in [0.5, 0.6) is 5.75 Å². The van der Waals surface area contributed by atoms with Gasteiger partial charge in [0, 0.05) is 49.1 Å². The van der Waals surface area contributed by atoms with Gasteiger partial charge in [-0.15, -0.1) is 0 Å². The highest BCUT2D eigenvalue weighted by Gasteiger charge is 2.38. The maximum absolute atomic E-state index is 12.7. The number of rotatable bonds is 7. The Kier molecular flexibility index (Phi) is 6.82. The van der Waals surface area contributed by atoms with E-state index in [1.54, 1.807) is 31.2 Å². The molecular weight excluding hydrogens is 448 g/mol. The minimum absolute atomic E-state index is 0.0190. The van der Waals surface area contributed by atoms with Gasteiger partial charge in [0.05, 0.1) is 25.7 Å². The van der Waals surface area contributed by atoms with Crippen LogP contribution in [0.2, 0.25) is 0 Å². The molecule has 35 heavy (non-hydrogen) atoms. The predicted molar refractivity (Wildman–Crippen MR) is 130 cm³/mol. The van der Waals surface area contributed by atoms with Crippen molar-refractivity contribution in [2.75, 3.05) is 27.8 Å². The number of hydrogen-bond acceptors (Lipinski definition) is 6. The first-order valence-electron chi connectivity index (χ1n) is 11.5. The van der Waals surface area contributed by atoms with E-state index in [-0.39, 0.29) is 11.8 Å². The van der Waals surface area contributed by atoms with Crippen molar-refractivity contribution in [3.8, 4) is 5.75 Å². The lowest BCUT2D eigenvalue weighted by molar-refractivity contribution is -0.152. The summed E-state index contributed by atoms with van der Waals surface area (Å²) in [6.07, 6.45) is 1.93. The molecule has 4 rings (SSSR count). The van der Waals surface area contributed by atoms with Gasteiger partial charge in [0.1, 0.15) is 11.9 Å². The number of ether oxygens (including phenoxy) is 3. The molecule has 3 atom stereocenters. The van der Waals surface area contributed by atoms with Crippen LogP contribution in [-0.2, 0) is 19.1 Å². The summed E-state index contributed by atoms with van der Waals surface area (Å²) in [5.41, 5.74) is 4.05. The summed E-state index contributed by atoms with van der Waals surface area (Å²) in [5, 5.41) is 0.963. The number of amides is 1. The van der Waals surface area contributed by atoms with Crippen molar-refractivity contribution in [1.82, 2.24) is 9.88 Å². The number of nitrogens with zero attached hydrogens (tertiary/aromatic N) is 1. The van der Waals surface area contributed by atoms with Gasteiger partial charge in [-0.25, -0.2) is 4.79 Å². The largest absolute Gasteiger partial charge is 0.496 e. The van der Waals surface area contributed by atoms with E-state index in [2.05, 4.69) is 11.9 Å². The summed E-state index contributed by atoms with van der Waals surface area (Å²) in [6.45, 7) is 4.06. The highest BCUT2D eigenvalue weighted by atomic mass is 16.5. The van der Waals surface area contributed by atoms with Gasteiger partial charge in [-0.3, -0.25) is 9.59 Å². The smallest absolute Gasteiger partial charge is 0.337 e. The molecule has 0 saturated carbocycles. The van der Waals surface area contributed by atoms with Gasteiger partial charge in [-0.2, -0.15) is 0 Å². The maximum atomic E-state index is 12.7. The van der Waals surface area contributed by atoms with E-state index in [9.17, 15) is 14.4 Å². The maximum Gasteiger partial charge on any atom is 0.337 e. The predicted octanol–water partition coefficient (Wildman–Crippen LogP) is 4.20. The lowest BCUT2D eigenvalue weighted by Crippen LogP contribution is -2.28. The van der Waals surface area contributed by atoms with Crippen molar-refractivity contribution in [2.45, 2.75) is 32.3 Å². The van der Waals surface area contributed by atoms with Gasteiger partial charge in [0.15, 0.2) is 0 Å². The third-order valence-corrected chi connectivity index (χ3v) is 6.78. The summed E-state index contributed by atoms with van der Waals surface area (Å²) in [6, 6.07) is 11.1. The van der Waals surface area contributed by atoms with Crippen LogP contribution in [0.15, 0.2) is 42.6 Å². The molecule has 0 radical (unpaired) electrons. The monoisotopic (exact) mass is 478 g/mol. The van der Waals surface area contributed by atoms with Crippen molar-refractivity contribution >= 4 is 28.7 Å². The van der Waals surface area contributed by atoms with Crippen molar-refractivity contribution in [3.63, 3.8) is 0 Å². The first-order valence-corrected chi connectivity index (χ1v) is 11.5. The minimum Gasteiger partial charge on any atom is -0.496 e. The summed E-state index contributed by atoms with van der Waals surface area (Å²) < 4.78 is 16.1. The molecule has 2 heterocycles. The van der Waals surface area contributed by atoms with Gasteiger partial charge in [-0.05, 0) is 41.8 Å². The zero-order chi connectivity index (χ0) is 25.3. The van der Waals surface area contributed by atoms with Gasteiger partial charge in [0.25, 0.3) is 0 Å². The molecular formula is C27H30N2O6. The second-order valence-corrected chi connectivity index (χ2v) is 8.90. The number of aromatic amines is 1. The Hall–Kier alpha value is -3.81. The standard InChI is InChI=1S/C27H30N2O6/c1-15(19-8-6-18(27(32)34-5)13-24(19)33-4)22-14-28-23-9-7-17(12-21(22)23)25(35-16(2)30)20-10-11-29(3)26(20)31/h6-9,12-15,20,25,28H,10-11H2,1-5H3. The number of carbonyl (C=O) groups is 3. The van der Waals surface area contributed by atoms with Crippen LogP contribution in [0.4, 0.5) is 0 Å². The summed E-state index contributed by atoms with van der Waals surface area (Å²) in [4.78, 5) is 41.6. The molecule has 1 N–H and O–H groups in total. The fourth-order valence-electron chi connectivity index (χ4n) is 4.87. The van der Waals surface area contributed by atoms with Gasteiger partial charge in [-0.1, -0.05) is 19.1 Å². The number of H-pyrrole nitrogens is 1. The second-order valence-electron chi connectivity index (χ2n) is 8.90. The SMILES string of the molecule is COC(=O)c1ccc(C(C)c2c[nH]c3ccc(C(OC(C)=O)C4CCN(C)C4=O)cc23)c(OC)c1. The van der Waals surface area contributed by atoms with Crippen LogP contribution < -0.4 is 4.74 Å². The highest BCUT2D eigenvalue weighted by molar-refractivity contribution is 5.90. The number of likely N-dealkylation sites (tertiary alicyclic amines) is 1. The lowest BCUT2D eigenvalue weighted by atomic mass is 9.89.